The van der Waals surface area contributed by atoms with Crippen LogP contribution in [0.25, 0.3) is 0 Å². The molecule has 2 heterocycles. The van der Waals surface area contributed by atoms with Crippen molar-refractivity contribution < 1.29 is 9.53 Å². The van der Waals surface area contributed by atoms with Crippen LogP contribution in [0, 0.1) is 0 Å². The van der Waals surface area contributed by atoms with Crippen LogP contribution in [0.15, 0.2) is 54.7 Å². The Morgan fingerprint density at radius 2 is 2.00 bits per heavy atom. The SMILES string of the molecule is O=C(NCCc1ccccn1)N[C@H]1CCO[C@H](c2ccccc2)C1. The highest BCUT2D eigenvalue weighted by atomic mass is 16.5. The van der Waals surface area contributed by atoms with Gasteiger partial charge in [0.1, 0.15) is 0 Å². The summed E-state index contributed by atoms with van der Waals surface area (Å²) < 4.78 is 5.83. The Bertz CT molecular complexity index is 634. The zero-order valence-corrected chi connectivity index (χ0v) is 13.7. The molecule has 1 aromatic heterocycles. The van der Waals surface area contributed by atoms with Gasteiger partial charge in [-0.2, -0.15) is 0 Å². The number of amides is 2. The van der Waals surface area contributed by atoms with Gasteiger partial charge < -0.3 is 15.4 Å². The standard InChI is InChI=1S/C19H23N3O2/c23-19(21-12-9-16-8-4-5-11-20-16)22-17-10-13-24-18(14-17)15-6-2-1-3-7-15/h1-8,11,17-18H,9-10,12-14H2,(H2,21,22,23)/t17-,18-/m0/s1. The molecular formula is C19H23N3O2. The van der Waals surface area contributed by atoms with Crippen LogP contribution in [0.1, 0.15) is 30.2 Å². The van der Waals surface area contributed by atoms with E-state index in [9.17, 15) is 4.79 Å². The van der Waals surface area contributed by atoms with Crippen LogP contribution in [0.3, 0.4) is 0 Å². The summed E-state index contributed by atoms with van der Waals surface area (Å²) in [6.07, 6.45) is 4.20. The maximum atomic E-state index is 12.1. The summed E-state index contributed by atoms with van der Waals surface area (Å²) in [5, 5.41) is 5.96. The molecule has 24 heavy (non-hydrogen) atoms. The predicted octanol–water partition coefficient (Wildman–Crippen LogP) is 2.84. The molecule has 1 fully saturated rings. The van der Waals surface area contributed by atoms with Crippen molar-refractivity contribution in [2.45, 2.75) is 31.4 Å². The third kappa shape index (κ3) is 4.80. The summed E-state index contributed by atoms with van der Waals surface area (Å²) in [6, 6.07) is 16.0. The molecule has 3 rings (SSSR count). The van der Waals surface area contributed by atoms with Crippen LogP contribution in [0.4, 0.5) is 4.79 Å². The largest absolute Gasteiger partial charge is 0.373 e. The fraction of sp³-hybridized carbons (Fsp3) is 0.368. The second kappa shape index (κ2) is 8.45. The molecule has 5 nitrogen and oxygen atoms in total. The predicted molar refractivity (Wildman–Crippen MR) is 92.6 cm³/mol. The first-order valence-electron chi connectivity index (χ1n) is 8.42. The van der Waals surface area contributed by atoms with E-state index in [1.807, 2.05) is 36.4 Å². The Morgan fingerprint density at radius 1 is 1.17 bits per heavy atom. The smallest absolute Gasteiger partial charge is 0.315 e. The Kier molecular flexibility index (Phi) is 5.80. The number of hydrogen-bond donors (Lipinski definition) is 2. The Hall–Kier alpha value is -2.40. The van der Waals surface area contributed by atoms with E-state index in [1.54, 1.807) is 6.20 Å². The lowest BCUT2D eigenvalue weighted by molar-refractivity contribution is 0.00227. The van der Waals surface area contributed by atoms with Crippen LogP contribution in [0.2, 0.25) is 0 Å². The van der Waals surface area contributed by atoms with Crippen molar-refractivity contribution >= 4 is 6.03 Å². The van der Waals surface area contributed by atoms with Crippen LogP contribution < -0.4 is 10.6 Å². The molecule has 2 aromatic rings. The number of carbonyl (C=O) groups excluding carboxylic acids is 1. The van der Waals surface area contributed by atoms with Gasteiger partial charge in [0.2, 0.25) is 0 Å². The van der Waals surface area contributed by atoms with Crippen molar-refractivity contribution in [1.29, 1.82) is 0 Å². The maximum absolute atomic E-state index is 12.1. The van der Waals surface area contributed by atoms with Gasteiger partial charge in [0.25, 0.3) is 0 Å². The number of nitrogens with one attached hydrogen (secondary N) is 2. The van der Waals surface area contributed by atoms with E-state index in [-0.39, 0.29) is 18.2 Å². The molecule has 1 saturated heterocycles. The highest BCUT2D eigenvalue weighted by Crippen LogP contribution is 2.27. The number of carbonyl (C=O) groups is 1. The van der Waals surface area contributed by atoms with Crippen LogP contribution in [-0.4, -0.2) is 30.2 Å². The van der Waals surface area contributed by atoms with E-state index in [0.29, 0.717) is 13.2 Å². The van der Waals surface area contributed by atoms with E-state index in [1.165, 1.54) is 5.56 Å². The van der Waals surface area contributed by atoms with Gasteiger partial charge in [-0.25, -0.2) is 4.79 Å². The van der Waals surface area contributed by atoms with Crippen molar-refractivity contribution in [2.75, 3.05) is 13.2 Å². The van der Waals surface area contributed by atoms with E-state index in [4.69, 9.17) is 4.74 Å². The minimum absolute atomic E-state index is 0.0544. The average molecular weight is 325 g/mol. The molecule has 1 aromatic carbocycles. The van der Waals surface area contributed by atoms with Crippen molar-refractivity contribution in [3.05, 3.63) is 66.0 Å². The molecule has 0 radical (unpaired) electrons. The van der Waals surface area contributed by atoms with Gasteiger partial charge in [-0.3, -0.25) is 4.98 Å². The summed E-state index contributed by atoms with van der Waals surface area (Å²) in [5.74, 6) is 0. The first-order chi connectivity index (χ1) is 11.8. The summed E-state index contributed by atoms with van der Waals surface area (Å²) in [5.41, 5.74) is 2.15. The molecule has 2 N–H and O–H groups in total. The van der Waals surface area contributed by atoms with Crippen molar-refractivity contribution in [3.8, 4) is 0 Å². The van der Waals surface area contributed by atoms with Gasteiger partial charge in [0, 0.05) is 37.5 Å². The van der Waals surface area contributed by atoms with Crippen LogP contribution in [-0.2, 0) is 11.2 Å². The topological polar surface area (TPSA) is 63.2 Å². The number of aromatic nitrogens is 1. The van der Waals surface area contributed by atoms with Crippen LogP contribution >= 0.6 is 0 Å². The maximum Gasteiger partial charge on any atom is 0.315 e. The van der Waals surface area contributed by atoms with E-state index in [2.05, 4.69) is 27.8 Å². The molecule has 0 unspecified atom stereocenters. The molecule has 5 heteroatoms. The minimum atomic E-state index is -0.121. The third-order valence-electron chi connectivity index (χ3n) is 4.18. The van der Waals surface area contributed by atoms with Gasteiger partial charge in [-0.15, -0.1) is 0 Å². The van der Waals surface area contributed by atoms with Gasteiger partial charge in [0.15, 0.2) is 0 Å². The minimum Gasteiger partial charge on any atom is -0.373 e. The van der Waals surface area contributed by atoms with Gasteiger partial charge >= 0.3 is 6.03 Å². The average Bonchev–Trinajstić information content (AvgIpc) is 2.63. The lowest BCUT2D eigenvalue weighted by Crippen LogP contribution is -2.45. The Labute approximate surface area is 142 Å². The van der Waals surface area contributed by atoms with Crippen molar-refractivity contribution in [3.63, 3.8) is 0 Å². The third-order valence-corrected chi connectivity index (χ3v) is 4.18. The molecule has 0 saturated carbocycles. The number of pyridine rings is 1. The fourth-order valence-electron chi connectivity index (χ4n) is 2.91. The number of nitrogens with zero attached hydrogens (tertiary/aromatic N) is 1. The lowest BCUT2D eigenvalue weighted by Gasteiger charge is -2.30. The second-order valence-corrected chi connectivity index (χ2v) is 5.96. The van der Waals surface area contributed by atoms with Crippen molar-refractivity contribution in [1.82, 2.24) is 15.6 Å². The number of hydrogen-bond acceptors (Lipinski definition) is 3. The number of ether oxygens (including phenoxy) is 1. The highest BCUT2D eigenvalue weighted by molar-refractivity contribution is 5.74. The Balaban J connectivity index is 1.42. The number of benzene rings is 1. The number of rotatable bonds is 5. The summed E-state index contributed by atoms with van der Waals surface area (Å²) in [4.78, 5) is 16.3. The zero-order valence-electron chi connectivity index (χ0n) is 13.7. The molecule has 0 bridgehead atoms. The van der Waals surface area contributed by atoms with E-state index >= 15 is 0 Å². The lowest BCUT2D eigenvalue weighted by atomic mass is 9.97. The summed E-state index contributed by atoms with van der Waals surface area (Å²) in [6.45, 7) is 1.24. The molecular weight excluding hydrogens is 302 g/mol. The molecule has 2 amide bonds. The highest BCUT2D eigenvalue weighted by Gasteiger charge is 2.24. The molecule has 2 atom stereocenters. The normalized spacial score (nSPS) is 20.3. The monoisotopic (exact) mass is 325 g/mol. The first kappa shape index (κ1) is 16.5. The molecule has 1 aliphatic heterocycles. The van der Waals surface area contributed by atoms with Crippen LogP contribution in [0.5, 0.6) is 0 Å². The second-order valence-electron chi connectivity index (χ2n) is 5.96. The summed E-state index contributed by atoms with van der Waals surface area (Å²) >= 11 is 0. The van der Waals surface area contributed by atoms with E-state index in [0.717, 1.165) is 25.0 Å². The quantitative estimate of drug-likeness (QED) is 0.888. The molecule has 0 spiro atoms. The van der Waals surface area contributed by atoms with Gasteiger partial charge in [-0.1, -0.05) is 36.4 Å². The first-order valence-corrected chi connectivity index (χ1v) is 8.42. The summed E-state index contributed by atoms with van der Waals surface area (Å²) in [7, 11) is 0. The molecule has 0 aliphatic carbocycles. The zero-order chi connectivity index (χ0) is 16.6. The van der Waals surface area contributed by atoms with Gasteiger partial charge in [-0.05, 0) is 30.5 Å². The fourth-order valence-corrected chi connectivity index (χ4v) is 2.91. The Morgan fingerprint density at radius 3 is 2.79 bits per heavy atom. The van der Waals surface area contributed by atoms with E-state index < -0.39 is 0 Å². The number of urea groups is 1. The molecule has 1 aliphatic rings. The van der Waals surface area contributed by atoms with Crippen molar-refractivity contribution in [2.24, 2.45) is 0 Å². The van der Waals surface area contributed by atoms with Gasteiger partial charge in [0.05, 0.1) is 6.10 Å². The molecule has 126 valence electrons.